The second kappa shape index (κ2) is 4.19. The van der Waals surface area contributed by atoms with E-state index in [1.54, 1.807) is 35.2 Å². The quantitative estimate of drug-likeness (QED) is 0.779. The number of halogens is 1. The molecule has 0 aromatic carbocycles. The van der Waals surface area contributed by atoms with Crippen LogP contribution in [0.3, 0.4) is 0 Å². The van der Waals surface area contributed by atoms with E-state index in [9.17, 15) is 0 Å². The second-order valence-electron chi connectivity index (χ2n) is 3.81. The summed E-state index contributed by atoms with van der Waals surface area (Å²) in [6.45, 7) is 0. The summed E-state index contributed by atoms with van der Waals surface area (Å²) >= 11 is 7.42. The third-order valence-corrected chi connectivity index (χ3v) is 3.76. The van der Waals surface area contributed by atoms with Crippen LogP contribution in [-0.4, -0.2) is 9.78 Å². The van der Waals surface area contributed by atoms with E-state index < -0.39 is 0 Å². The summed E-state index contributed by atoms with van der Waals surface area (Å²) in [4.78, 5) is 1.06. The fraction of sp³-hybridized carbons (Fsp3) is 0.0833. The van der Waals surface area contributed by atoms with Crippen LogP contribution in [0, 0.1) is 0 Å². The molecule has 6 heteroatoms. The van der Waals surface area contributed by atoms with Gasteiger partial charge in [-0.2, -0.15) is 5.10 Å². The van der Waals surface area contributed by atoms with Gasteiger partial charge in [0.15, 0.2) is 11.0 Å². The van der Waals surface area contributed by atoms with Gasteiger partial charge >= 0.3 is 0 Å². The number of aromatic nitrogens is 2. The standard InChI is InChI=1S/C12H10ClN3OS/c1-16-12(14)10(8-3-2-6-18-8)11(15-16)7-4-5-9(13)17-7/h2-6H,14H2,1H3. The number of thiophene rings is 1. The van der Waals surface area contributed by atoms with Gasteiger partial charge in [-0.25, -0.2) is 0 Å². The van der Waals surface area contributed by atoms with E-state index in [-0.39, 0.29) is 0 Å². The molecule has 2 N–H and O–H groups in total. The first-order chi connectivity index (χ1) is 8.66. The number of nitrogen functional groups attached to an aromatic ring is 1. The maximum atomic E-state index is 6.07. The lowest BCUT2D eigenvalue weighted by molar-refractivity contribution is 0.580. The molecular weight excluding hydrogens is 270 g/mol. The summed E-state index contributed by atoms with van der Waals surface area (Å²) in [7, 11) is 1.81. The van der Waals surface area contributed by atoms with Gasteiger partial charge in [-0.05, 0) is 35.2 Å². The summed E-state index contributed by atoms with van der Waals surface area (Å²) < 4.78 is 7.05. The highest BCUT2D eigenvalue weighted by Crippen LogP contribution is 2.39. The number of rotatable bonds is 2. The van der Waals surface area contributed by atoms with Crippen molar-refractivity contribution >= 4 is 28.8 Å². The second-order valence-corrected chi connectivity index (χ2v) is 5.13. The SMILES string of the molecule is Cn1nc(-c2ccc(Cl)o2)c(-c2cccs2)c1N. The molecule has 3 rings (SSSR count). The average molecular weight is 280 g/mol. The highest BCUT2D eigenvalue weighted by atomic mass is 35.5. The highest BCUT2D eigenvalue weighted by molar-refractivity contribution is 7.13. The predicted octanol–water partition coefficient (Wildman–Crippen LogP) is 3.64. The average Bonchev–Trinajstić information content (AvgIpc) is 3.02. The molecule has 0 saturated carbocycles. The Hall–Kier alpha value is -1.72. The normalized spacial score (nSPS) is 11.0. The monoisotopic (exact) mass is 279 g/mol. The zero-order chi connectivity index (χ0) is 12.7. The molecule has 4 nitrogen and oxygen atoms in total. The maximum absolute atomic E-state index is 6.07. The number of hydrogen-bond donors (Lipinski definition) is 1. The van der Waals surface area contributed by atoms with Gasteiger partial charge in [0.05, 0.1) is 5.56 Å². The van der Waals surface area contributed by atoms with Crippen molar-refractivity contribution in [3.05, 3.63) is 34.9 Å². The molecule has 3 aromatic rings. The Morgan fingerprint density at radius 3 is 2.83 bits per heavy atom. The molecule has 0 saturated heterocycles. The summed E-state index contributed by atoms with van der Waals surface area (Å²) in [5.74, 6) is 1.23. The minimum atomic E-state index is 0.339. The third kappa shape index (κ3) is 1.72. The molecular formula is C12H10ClN3OS. The van der Waals surface area contributed by atoms with Crippen molar-refractivity contribution in [1.82, 2.24) is 9.78 Å². The molecule has 3 heterocycles. The fourth-order valence-electron chi connectivity index (χ4n) is 1.81. The molecule has 0 aliphatic heterocycles. The van der Waals surface area contributed by atoms with Crippen LogP contribution in [0.5, 0.6) is 0 Å². The van der Waals surface area contributed by atoms with E-state index in [4.69, 9.17) is 21.8 Å². The van der Waals surface area contributed by atoms with Crippen LogP contribution in [0.25, 0.3) is 21.9 Å². The molecule has 0 bridgehead atoms. The lowest BCUT2D eigenvalue weighted by atomic mass is 10.1. The Morgan fingerprint density at radius 1 is 1.39 bits per heavy atom. The van der Waals surface area contributed by atoms with Gasteiger partial charge in [-0.1, -0.05) is 6.07 Å². The van der Waals surface area contributed by atoms with Gasteiger partial charge < -0.3 is 10.2 Å². The van der Waals surface area contributed by atoms with E-state index in [0.29, 0.717) is 22.5 Å². The topological polar surface area (TPSA) is 57.0 Å². The van der Waals surface area contributed by atoms with Gasteiger partial charge in [0.25, 0.3) is 0 Å². The lowest BCUT2D eigenvalue weighted by Gasteiger charge is -1.98. The van der Waals surface area contributed by atoms with E-state index >= 15 is 0 Å². The van der Waals surface area contributed by atoms with Crippen LogP contribution < -0.4 is 5.73 Å². The Morgan fingerprint density at radius 2 is 2.22 bits per heavy atom. The van der Waals surface area contributed by atoms with Crippen LogP contribution in [-0.2, 0) is 7.05 Å². The van der Waals surface area contributed by atoms with Gasteiger partial charge in [-0.15, -0.1) is 11.3 Å². The first-order valence-electron chi connectivity index (χ1n) is 5.29. The van der Waals surface area contributed by atoms with Crippen molar-refractivity contribution in [2.24, 2.45) is 7.05 Å². The Labute approximate surface area is 113 Å². The van der Waals surface area contributed by atoms with Crippen LogP contribution in [0.2, 0.25) is 5.22 Å². The zero-order valence-electron chi connectivity index (χ0n) is 9.55. The van der Waals surface area contributed by atoms with Gasteiger partial charge in [-0.3, -0.25) is 4.68 Å². The smallest absolute Gasteiger partial charge is 0.194 e. The largest absolute Gasteiger partial charge is 0.443 e. The first kappa shape index (κ1) is 11.4. The van der Waals surface area contributed by atoms with E-state index in [2.05, 4.69) is 5.10 Å². The Balaban J connectivity index is 2.24. The van der Waals surface area contributed by atoms with Crippen LogP contribution >= 0.6 is 22.9 Å². The molecule has 0 spiro atoms. The van der Waals surface area contributed by atoms with Crippen LogP contribution in [0.15, 0.2) is 34.1 Å². The third-order valence-electron chi connectivity index (χ3n) is 2.67. The van der Waals surface area contributed by atoms with Crippen molar-refractivity contribution in [2.45, 2.75) is 0 Å². The number of hydrogen-bond acceptors (Lipinski definition) is 4. The summed E-state index contributed by atoms with van der Waals surface area (Å²) in [5.41, 5.74) is 7.67. The van der Waals surface area contributed by atoms with Crippen LogP contribution in [0.4, 0.5) is 5.82 Å². The highest BCUT2D eigenvalue weighted by Gasteiger charge is 2.20. The summed E-state index contributed by atoms with van der Waals surface area (Å²) in [6.07, 6.45) is 0. The summed E-state index contributed by atoms with van der Waals surface area (Å²) in [6, 6.07) is 7.47. The van der Waals surface area contributed by atoms with Gasteiger partial charge in [0, 0.05) is 11.9 Å². The van der Waals surface area contributed by atoms with Crippen molar-refractivity contribution in [1.29, 1.82) is 0 Å². The molecule has 0 fully saturated rings. The number of furan rings is 1. The zero-order valence-corrected chi connectivity index (χ0v) is 11.1. The van der Waals surface area contributed by atoms with E-state index in [1.165, 1.54) is 0 Å². The fourth-order valence-corrected chi connectivity index (χ4v) is 2.74. The predicted molar refractivity (Wildman–Crippen MR) is 73.6 cm³/mol. The van der Waals surface area contributed by atoms with Crippen molar-refractivity contribution < 1.29 is 4.42 Å². The number of nitrogens with two attached hydrogens (primary N) is 1. The van der Waals surface area contributed by atoms with Crippen molar-refractivity contribution in [3.63, 3.8) is 0 Å². The molecule has 0 radical (unpaired) electrons. The van der Waals surface area contributed by atoms with Gasteiger partial charge in [0.2, 0.25) is 0 Å². The van der Waals surface area contributed by atoms with Gasteiger partial charge in [0.1, 0.15) is 11.5 Å². The summed E-state index contributed by atoms with van der Waals surface area (Å²) in [5, 5.41) is 6.74. The number of aryl methyl sites for hydroxylation is 1. The molecule has 0 unspecified atom stereocenters. The van der Waals surface area contributed by atoms with Crippen molar-refractivity contribution in [3.8, 4) is 21.9 Å². The maximum Gasteiger partial charge on any atom is 0.194 e. The van der Waals surface area contributed by atoms with E-state index in [1.807, 2.05) is 17.5 Å². The molecule has 92 valence electrons. The molecule has 0 atom stereocenters. The Bertz CT molecular complexity index is 684. The number of anilines is 1. The van der Waals surface area contributed by atoms with Crippen molar-refractivity contribution in [2.75, 3.05) is 5.73 Å². The van der Waals surface area contributed by atoms with Crippen LogP contribution in [0.1, 0.15) is 0 Å². The molecule has 3 aromatic heterocycles. The first-order valence-corrected chi connectivity index (χ1v) is 6.54. The number of nitrogens with zero attached hydrogens (tertiary/aromatic N) is 2. The minimum absolute atomic E-state index is 0.339. The minimum Gasteiger partial charge on any atom is -0.443 e. The molecule has 0 aliphatic rings. The Kier molecular flexibility index (Phi) is 2.65. The van der Waals surface area contributed by atoms with E-state index in [0.717, 1.165) is 10.4 Å². The molecule has 18 heavy (non-hydrogen) atoms. The lowest BCUT2D eigenvalue weighted by Crippen LogP contribution is -1.97. The molecule has 0 amide bonds. The molecule has 0 aliphatic carbocycles.